The zero-order valence-electron chi connectivity index (χ0n) is 17.1. The molecule has 1 heterocycles. The van der Waals surface area contributed by atoms with Crippen LogP contribution in [0.3, 0.4) is 0 Å². The molecule has 2 fully saturated rings. The number of carbonyl (C=O) groups excluding carboxylic acids is 2. The second kappa shape index (κ2) is 8.68. The molecular weight excluding hydrogens is 362 g/mol. The van der Waals surface area contributed by atoms with Crippen molar-refractivity contribution in [2.45, 2.75) is 38.6 Å². The van der Waals surface area contributed by atoms with Crippen LogP contribution in [0.1, 0.15) is 48.0 Å². The van der Waals surface area contributed by atoms with Crippen LogP contribution in [0.15, 0.2) is 48.5 Å². The van der Waals surface area contributed by atoms with E-state index in [0.29, 0.717) is 12.1 Å². The Morgan fingerprint density at radius 1 is 1.00 bits per heavy atom. The van der Waals surface area contributed by atoms with E-state index >= 15 is 0 Å². The van der Waals surface area contributed by atoms with Gasteiger partial charge in [-0.15, -0.1) is 0 Å². The summed E-state index contributed by atoms with van der Waals surface area (Å²) in [5.74, 6) is 0.233. The van der Waals surface area contributed by atoms with Crippen molar-refractivity contribution < 1.29 is 9.59 Å². The average molecular weight is 392 g/mol. The number of carbonyl (C=O) groups is 2. The molecule has 1 saturated heterocycles. The maximum Gasteiger partial charge on any atom is 0.253 e. The quantitative estimate of drug-likeness (QED) is 0.799. The molecule has 1 aliphatic heterocycles. The molecule has 5 nitrogen and oxygen atoms in total. The summed E-state index contributed by atoms with van der Waals surface area (Å²) >= 11 is 0. The van der Waals surface area contributed by atoms with Crippen LogP contribution < -0.4 is 10.2 Å². The van der Waals surface area contributed by atoms with Crippen molar-refractivity contribution >= 4 is 23.2 Å². The number of anilines is 2. The predicted molar refractivity (Wildman–Crippen MR) is 116 cm³/mol. The molecule has 1 N–H and O–H groups in total. The van der Waals surface area contributed by atoms with Gasteiger partial charge in [0.05, 0.1) is 0 Å². The molecule has 2 amide bonds. The van der Waals surface area contributed by atoms with Crippen LogP contribution in [0, 0.1) is 5.92 Å². The Kier molecular flexibility index (Phi) is 5.84. The fraction of sp³-hybridized carbons (Fsp3) is 0.417. The molecule has 29 heavy (non-hydrogen) atoms. The maximum absolute atomic E-state index is 12.9. The maximum atomic E-state index is 12.9. The predicted octanol–water partition coefficient (Wildman–Crippen LogP) is 4.30. The smallest absolute Gasteiger partial charge is 0.253 e. The molecule has 0 bridgehead atoms. The number of hydrogen-bond donors (Lipinski definition) is 1. The molecule has 2 aliphatic rings. The summed E-state index contributed by atoms with van der Waals surface area (Å²) in [5.41, 5.74) is 3.80. The van der Waals surface area contributed by atoms with E-state index in [9.17, 15) is 9.59 Å². The van der Waals surface area contributed by atoms with Gasteiger partial charge in [0.2, 0.25) is 5.91 Å². The topological polar surface area (TPSA) is 52.6 Å². The first-order chi connectivity index (χ1) is 14.1. The molecule has 4 rings (SSSR count). The lowest BCUT2D eigenvalue weighted by molar-refractivity contribution is -0.117. The van der Waals surface area contributed by atoms with Gasteiger partial charge in [-0.25, -0.2) is 0 Å². The molecule has 0 atom stereocenters. The van der Waals surface area contributed by atoms with Gasteiger partial charge in [-0.1, -0.05) is 18.2 Å². The number of piperidine rings is 1. The SMILES string of the molecule is CN(Cc1ccccc1N1CCCCC1)C(=O)c1ccc(NC(=O)C2CC2)cc1. The summed E-state index contributed by atoms with van der Waals surface area (Å²) in [7, 11) is 1.85. The third-order valence-corrected chi connectivity index (χ3v) is 5.79. The van der Waals surface area contributed by atoms with Gasteiger partial charge in [-0.05, 0) is 68.0 Å². The van der Waals surface area contributed by atoms with E-state index in [2.05, 4.69) is 28.4 Å². The van der Waals surface area contributed by atoms with Gasteiger partial charge >= 0.3 is 0 Å². The van der Waals surface area contributed by atoms with Crippen molar-refractivity contribution in [3.8, 4) is 0 Å². The minimum absolute atomic E-state index is 0.0153. The molecule has 5 heteroatoms. The van der Waals surface area contributed by atoms with Gasteiger partial charge in [0.15, 0.2) is 0 Å². The molecule has 0 aromatic heterocycles. The largest absolute Gasteiger partial charge is 0.371 e. The van der Waals surface area contributed by atoms with Crippen LogP contribution >= 0.6 is 0 Å². The summed E-state index contributed by atoms with van der Waals surface area (Å²) in [6.07, 6.45) is 5.71. The highest BCUT2D eigenvalue weighted by atomic mass is 16.2. The van der Waals surface area contributed by atoms with E-state index in [1.165, 1.54) is 30.5 Å². The molecular formula is C24H29N3O2. The lowest BCUT2D eigenvalue weighted by Crippen LogP contribution is -2.32. The summed E-state index contributed by atoms with van der Waals surface area (Å²) in [6.45, 7) is 2.75. The van der Waals surface area contributed by atoms with Gasteiger partial charge in [0, 0.05) is 49.5 Å². The molecule has 152 valence electrons. The van der Waals surface area contributed by atoms with Crippen molar-refractivity contribution in [2.75, 3.05) is 30.4 Å². The number of para-hydroxylation sites is 1. The molecule has 2 aromatic rings. The van der Waals surface area contributed by atoms with Crippen molar-refractivity contribution in [2.24, 2.45) is 5.92 Å². The Labute approximate surface area is 172 Å². The average Bonchev–Trinajstić information content (AvgIpc) is 3.60. The third-order valence-electron chi connectivity index (χ3n) is 5.79. The Bertz CT molecular complexity index is 868. The highest BCUT2D eigenvalue weighted by molar-refractivity contribution is 5.96. The van der Waals surface area contributed by atoms with Gasteiger partial charge in [0.1, 0.15) is 0 Å². The van der Waals surface area contributed by atoms with Crippen molar-refractivity contribution in [1.82, 2.24) is 4.90 Å². The van der Waals surface area contributed by atoms with Crippen LogP contribution in [0.4, 0.5) is 11.4 Å². The van der Waals surface area contributed by atoms with Gasteiger partial charge in [-0.2, -0.15) is 0 Å². The van der Waals surface area contributed by atoms with Crippen LogP contribution in [-0.2, 0) is 11.3 Å². The van der Waals surface area contributed by atoms with Crippen LogP contribution in [0.25, 0.3) is 0 Å². The van der Waals surface area contributed by atoms with Gasteiger partial charge in [0.25, 0.3) is 5.91 Å². The molecule has 0 spiro atoms. The van der Waals surface area contributed by atoms with E-state index in [0.717, 1.165) is 31.6 Å². The fourth-order valence-electron chi connectivity index (χ4n) is 3.92. The third kappa shape index (κ3) is 4.78. The number of hydrogen-bond acceptors (Lipinski definition) is 3. The highest BCUT2D eigenvalue weighted by Crippen LogP contribution is 2.30. The van der Waals surface area contributed by atoms with E-state index in [1.807, 2.05) is 25.2 Å². The number of benzene rings is 2. The lowest BCUT2D eigenvalue weighted by atomic mass is 10.1. The Morgan fingerprint density at radius 2 is 1.69 bits per heavy atom. The minimum atomic E-state index is -0.0153. The molecule has 1 saturated carbocycles. The first-order valence-electron chi connectivity index (χ1n) is 10.6. The Morgan fingerprint density at radius 3 is 2.38 bits per heavy atom. The summed E-state index contributed by atoms with van der Waals surface area (Å²) in [4.78, 5) is 29.0. The summed E-state index contributed by atoms with van der Waals surface area (Å²) in [6, 6.07) is 15.6. The summed E-state index contributed by atoms with van der Waals surface area (Å²) in [5, 5.41) is 2.91. The van der Waals surface area contributed by atoms with Crippen molar-refractivity contribution in [3.05, 3.63) is 59.7 Å². The van der Waals surface area contributed by atoms with Crippen LogP contribution in [-0.4, -0.2) is 36.9 Å². The zero-order valence-corrected chi connectivity index (χ0v) is 17.1. The van der Waals surface area contributed by atoms with Crippen LogP contribution in [0.5, 0.6) is 0 Å². The second-order valence-corrected chi connectivity index (χ2v) is 8.18. The first-order valence-corrected chi connectivity index (χ1v) is 10.6. The Hall–Kier alpha value is -2.82. The molecule has 0 unspecified atom stereocenters. The molecule has 1 aliphatic carbocycles. The lowest BCUT2D eigenvalue weighted by Gasteiger charge is -2.31. The number of amides is 2. The normalized spacial score (nSPS) is 16.4. The standard InChI is InChI=1S/C24H29N3O2/c1-26(17-20-7-3-4-8-22(20)27-15-5-2-6-16-27)24(29)19-11-13-21(14-12-19)25-23(28)18-9-10-18/h3-4,7-8,11-14,18H,2,5-6,9-10,15-17H2,1H3,(H,25,28). The molecule has 0 radical (unpaired) electrons. The first kappa shape index (κ1) is 19.5. The van der Waals surface area contributed by atoms with Gasteiger partial charge < -0.3 is 15.1 Å². The monoisotopic (exact) mass is 391 g/mol. The van der Waals surface area contributed by atoms with Crippen molar-refractivity contribution in [1.29, 1.82) is 0 Å². The van der Waals surface area contributed by atoms with E-state index in [1.54, 1.807) is 17.0 Å². The number of rotatable bonds is 6. The number of nitrogens with zero attached hydrogens (tertiary/aromatic N) is 2. The Balaban J connectivity index is 1.41. The fourth-order valence-corrected chi connectivity index (χ4v) is 3.92. The summed E-state index contributed by atoms with van der Waals surface area (Å²) < 4.78 is 0. The van der Waals surface area contributed by atoms with E-state index in [-0.39, 0.29) is 17.7 Å². The van der Waals surface area contributed by atoms with Crippen LogP contribution in [0.2, 0.25) is 0 Å². The number of nitrogens with one attached hydrogen (secondary N) is 1. The van der Waals surface area contributed by atoms with E-state index in [4.69, 9.17) is 0 Å². The van der Waals surface area contributed by atoms with E-state index < -0.39 is 0 Å². The van der Waals surface area contributed by atoms with Gasteiger partial charge in [-0.3, -0.25) is 9.59 Å². The van der Waals surface area contributed by atoms with Crippen molar-refractivity contribution in [3.63, 3.8) is 0 Å². The molecule has 2 aromatic carbocycles. The zero-order chi connectivity index (χ0) is 20.2. The second-order valence-electron chi connectivity index (χ2n) is 8.18. The highest BCUT2D eigenvalue weighted by Gasteiger charge is 2.29. The minimum Gasteiger partial charge on any atom is -0.371 e.